The zero-order valence-electron chi connectivity index (χ0n) is 19.5. The lowest BCUT2D eigenvalue weighted by atomic mass is 10.1. The summed E-state index contributed by atoms with van der Waals surface area (Å²) < 4.78 is 35.4. The molecule has 11 heteroatoms. The minimum atomic E-state index is -3.70. The Kier molecular flexibility index (Phi) is 6.55. The van der Waals surface area contributed by atoms with Crippen molar-refractivity contribution in [2.75, 3.05) is 39.8 Å². The van der Waals surface area contributed by atoms with Gasteiger partial charge in [-0.1, -0.05) is 13.3 Å². The molecule has 0 spiro atoms. The number of sulfonamides is 1. The first-order valence-corrected chi connectivity index (χ1v) is 12.6. The molecule has 1 aliphatic heterocycles. The molecular weight excluding hydrogens is 444 g/mol. The number of hydrogen-bond donors (Lipinski definition) is 1. The van der Waals surface area contributed by atoms with Crippen molar-refractivity contribution in [3.8, 4) is 17.1 Å². The van der Waals surface area contributed by atoms with Crippen molar-refractivity contribution in [2.45, 2.75) is 31.6 Å². The van der Waals surface area contributed by atoms with Gasteiger partial charge in [-0.3, -0.25) is 9.48 Å². The van der Waals surface area contributed by atoms with Crippen LogP contribution < -0.4 is 10.3 Å². The molecule has 0 radical (unpaired) electrons. The Morgan fingerprint density at radius 2 is 1.88 bits per heavy atom. The summed E-state index contributed by atoms with van der Waals surface area (Å²) in [7, 11) is -0.00831. The number of nitrogens with one attached hydrogen (secondary N) is 1. The van der Waals surface area contributed by atoms with Crippen molar-refractivity contribution in [1.29, 1.82) is 0 Å². The standard InChI is InChI=1S/C22H30N6O4S.H2/c1-5-7-17-19-20(27(4)25-17)22(29)24-21(23-19)16-14-15(8-9-18(16)32-6-2)33(30,31)28-12-10-26(3)11-13-28;/h8-9,14H,5-7,10-13H2,1-4H3,(H,23,24,29);1H. The topological polar surface area (TPSA) is 113 Å². The monoisotopic (exact) mass is 476 g/mol. The van der Waals surface area contributed by atoms with E-state index in [1.807, 2.05) is 20.9 Å². The summed E-state index contributed by atoms with van der Waals surface area (Å²) in [5.74, 6) is 0.718. The summed E-state index contributed by atoms with van der Waals surface area (Å²) in [6.07, 6.45) is 1.54. The van der Waals surface area contributed by atoms with E-state index in [2.05, 4.69) is 15.0 Å². The summed E-state index contributed by atoms with van der Waals surface area (Å²) in [6, 6.07) is 4.71. The summed E-state index contributed by atoms with van der Waals surface area (Å²) in [6.45, 7) is 6.48. The van der Waals surface area contributed by atoms with E-state index in [4.69, 9.17) is 9.72 Å². The summed E-state index contributed by atoms with van der Waals surface area (Å²) in [4.78, 5) is 22.7. The number of ether oxygens (including phenoxy) is 1. The zero-order chi connectivity index (χ0) is 23.8. The number of aromatic amines is 1. The highest BCUT2D eigenvalue weighted by Gasteiger charge is 2.29. The normalized spacial score (nSPS) is 15.9. The molecule has 0 amide bonds. The van der Waals surface area contributed by atoms with Crippen molar-refractivity contribution < 1.29 is 14.6 Å². The number of rotatable bonds is 7. The van der Waals surface area contributed by atoms with Crippen molar-refractivity contribution >= 4 is 21.1 Å². The van der Waals surface area contributed by atoms with E-state index in [0.29, 0.717) is 61.6 Å². The molecule has 10 nitrogen and oxygen atoms in total. The highest BCUT2D eigenvalue weighted by atomic mass is 32.2. The third kappa shape index (κ3) is 4.40. The molecule has 0 bridgehead atoms. The molecule has 1 aromatic carbocycles. The molecule has 0 atom stereocenters. The second-order valence-corrected chi connectivity index (χ2v) is 10.2. The van der Waals surface area contributed by atoms with Crippen LogP contribution in [0, 0.1) is 0 Å². The maximum Gasteiger partial charge on any atom is 0.277 e. The average Bonchev–Trinajstić information content (AvgIpc) is 3.10. The molecular formula is C22H32N6O4S. The summed E-state index contributed by atoms with van der Waals surface area (Å²) in [5, 5.41) is 4.45. The van der Waals surface area contributed by atoms with Crippen LogP contribution in [0.25, 0.3) is 22.4 Å². The molecule has 0 aliphatic carbocycles. The quantitative estimate of drug-likeness (QED) is 0.554. The first-order valence-electron chi connectivity index (χ1n) is 11.2. The van der Waals surface area contributed by atoms with Crippen molar-refractivity contribution in [1.82, 2.24) is 29.0 Å². The maximum absolute atomic E-state index is 13.3. The minimum Gasteiger partial charge on any atom is -0.493 e. The molecule has 0 unspecified atom stereocenters. The summed E-state index contributed by atoms with van der Waals surface area (Å²) >= 11 is 0. The number of piperazine rings is 1. The van der Waals surface area contributed by atoms with Gasteiger partial charge in [0.1, 0.15) is 17.1 Å². The van der Waals surface area contributed by atoms with Crippen LogP contribution in [-0.2, 0) is 23.5 Å². The number of likely N-dealkylation sites (N-methyl/N-ethyl adjacent to an activating group) is 1. The van der Waals surface area contributed by atoms with Crippen LogP contribution in [0.3, 0.4) is 0 Å². The SMILES string of the molecule is CCCc1nn(C)c2c(=O)[nH]c(-c3cc(S(=O)(=O)N4CCN(C)CC4)ccc3OCC)nc12.[HH]. The second kappa shape index (κ2) is 9.24. The van der Waals surface area contributed by atoms with E-state index in [-0.39, 0.29) is 17.7 Å². The van der Waals surface area contributed by atoms with Crippen molar-refractivity contribution in [3.05, 3.63) is 34.2 Å². The molecule has 2 aromatic heterocycles. The van der Waals surface area contributed by atoms with E-state index in [1.54, 1.807) is 25.2 Å². The molecule has 180 valence electrons. The van der Waals surface area contributed by atoms with Crippen LogP contribution in [-0.4, -0.2) is 77.2 Å². The lowest BCUT2D eigenvalue weighted by Gasteiger charge is -2.31. The van der Waals surface area contributed by atoms with Gasteiger partial charge in [0.15, 0.2) is 5.52 Å². The average molecular weight is 477 g/mol. The fraction of sp³-hybridized carbons (Fsp3) is 0.500. The number of aryl methyl sites for hydroxylation is 2. The van der Waals surface area contributed by atoms with Crippen molar-refractivity contribution in [3.63, 3.8) is 0 Å². The van der Waals surface area contributed by atoms with Gasteiger partial charge in [0, 0.05) is 34.7 Å². The van der Waals surface area contributed by atoms with Gasteiger partial charge in [0.05, 0.1) is 22.8 Å². The number of fused-ring (bicyclic) bond motifs is 1. The van der Waals surface area contributed by atoms with Gasteiger partial charge >= 0.3 is 0 Å². The van der Waals surface area contributed by atoms with Gasteiger partial charge in [0.25, 0.3) is 5.56 Å². The Hall–Kier alpha value is -2.76. The van der Waals surface area contributed by atoms with Crippen LogP contribution in [0.5, 0.6) is 5.75 Å². The number of benzene rings is 1. The van der Waals surface area contributed by atoms with Crippen LogP contribution in [0.15, 0.2) is 27.9 Å². The Morgan fingerprint density at radius 1 is 1.15 bits per heavy atom. The third-order valence-corrected chi connectivity index (χ3v) is 7.75. The molecule has 4 rings (SSSR count). The summed E-state index contributed by atoms with van der Waals surface area (Å²) in [5.41, 5.74) is 1.75. The molecule has 0 saturated carbocycles. The number of nitrogens with zero attached hydrogens (tertiary/aromatic N) is 5. The predicted molar refractivity (Wildman–Crippen MR) is 128 cm³/mol. The van der Waals surface area contributed by atoms with E-state index >= 15 is 0 Å². The minimum absolute atomic E-state index is 0. The number of H-pyrrole nitrogens is 1. The van der Waals surface area contributed by atoms with Gasteiger partial charge < -0.3 is 14.6 Å². The molecule has 1 saturated heterocycles. The van der Waals surface area contributed by atoms with Gasteiger partial charge in [-0.2, -0.15) is 9.40 Å². The largest absolute Gasteiger partial charge is 0.493 e. The maximum atomic E-state index is 13.3. The zero-order valence-corrected chi connectivity index (χ0v) is 20.3. The fourth-order valence-electron chi connectivity index (χ4n) is 4.09. The first-order chi connectivity index (χ1) is 15.8. The first kappa shape index (κ1) is 23.4. The Labute approximate surface area is 194 Å². The van der Waals surface area contributed by atoms with Crippen LogP contribution in [0.2, 0.25) is 0 Å². The third-order valence-electron chi connectivity index (χ3n) is 5.86. The molecule has 1 fully saturated rings. The smallest absolute Gasteiger partial charge is 0.277 e. The van der Waals surface area contributed by atoms with Gasteiger partial charge in [-0.25, -0.2) is 13.4 Å². The van der Waals surface area contributed by atoms with E-state index in [9.17, 15) is 13.2 Å². The fourth-order valence-corrected chi connectivity index (χ4v) is 5.54. The van der Waals surface area contributed by atoms with Gasteiger partial charge in [-0.15, -0.1) is 0 Å². The Morgan fingerprint density at radius 3 is 2.55 bits per heavy atom. The second-order valence-electron chi connectivity index (χ2n) is 8.23. The van der Waals surface area contributed by atoms with Gasteiger partial charge in [0.2, 0.25) is 10.0 Å². The number of aromatic nitrogens is 4. The van der Waals surface area contributed by atoms with E-state index in [1.165, 1.54) is 8.99 Å². The molecule has 3 heterocycles. The Balaban J connectivity index is 0.00000324. The molecule has 33 heavy (non-hydrogen) atoms. The molecule has 1 N–H and O–H groups in total. The Bertz CT molecular complexity index is 1330. The molecule has 1 aliphatic rings. The van der Waals surface area contributed by atoms with E-state index < -0.39 is 10.0 Å². The van der Waals surface area contributed by atoms with Crippen molar-refractivity contribution in [2.24, 2.45) is 7.05 Å². The lowest BCUT2D eigenvalue weighted by molar-refractivity contribution is 0.222. The van der Waals surface area contributed by atoms with Crippen LogP contribution in [0.4, 0.5) is 0 Å². The van der Waals surface area contributed by atoms with Gasteiger partial charge in [-0.05, 0) is 38.6 Å². The number of hydrogen-bond acceptors (Lipinski definition) is 7. The van der Waals surface area contributed by atoms with Crippen LogP contribution in [0.1, 0.15) is 27.4 Å². The van der Waals surface area contributed by atoms with E-state index in [0.717, 1.165) is 12.1 Å². The highest BCUT2D eigenvalue weighted by Crippen LogP contribution is 2.32. The predicted octanol–water partition coefficient (Wildman–Crippen LogP) is 1.86. The van der Waals surface area contributed by atoms with Crippen LogP contribution >= 0.6 is 0 Å². The molecule has 3 aromatic rings. The highest BCUT2D eigenvalue weighted by molar-refractivity contribution is 7.89. The lowest BCUT2D eigenvalue weighted by Crippen LogP contribution is -2.47.